The van der Waals surface area contributed by atoms with Crippen LogP contribution in [-0.4, -0.2) is 14.2 Å². The van der Waals surface area contributed by atoms with Gasteiger partial charge in [0.2, 0.25) is 0 Å². The van der Waals surface area contributed by atoms with Crippen LogP contribution in [0.25, 0.3) is 0 Å². The van der Waals surface area contributed by atoms with Gasteiger partial charge in [-0.1, -0.05) is 30.0 Å². The molecule has 2 aromatic rings. The van der Waals surface area contributed by atoms with Gasteiger partial charge in [-0.2, -0.15) is 0 Å². The highest BCUT2D eigenvalue weighted by Crippen LogP contribution is 2.40. The molecule has 1 atom stereocenters. The van der Waals surface area contributed by atoms with E-state index in [2.05, 4.69) is 52.4 Å². The van der Waals surface area contributed by atoms with E-state index in [9.17, 15) is 0 Å². The first kappa shape index (κ1) is 15.4. The Balaban J connectivity index is 2.43. The minimum absolute atomic E-state index is 0.233. The Labute approximate surface area is 133 Å². The molecule has 0 fully saturated rings. The summed E-state index contributed by atoms with van der Waals surface area (Å²) in [7, 11) is 3.68. The van der Waals surface area contributed by atoms with E-state index < -0.39 is 0 Å². The summed E-state index contributed by atoms with van der Waals surface area (Å²) in [6, 6.07) is 14.7. The molecule has 1 N–H and O–H groups in total. The van der Waals surface area contributed by atoms with Crippen LogP contribution in [0.3, 0.4) is 0 Å². The smallest absolute Gasteiger partial charge is 0.124 e. The van der Waals surface area contributed by atoms with Gasteiger partial charge in [-0.25, -0.2) is 0 Å². The number of hydrogen-bond acceptors (Lipinski definition) is 3. The van der Waals surface area contributed by atoms with E-state index in [-0.39, 0.29) is 6.04 Å². The van der Waals surface area contributed by atoms with Crippen LogP contribution in [0.5, 0.6) is 5.75 Å². The largest absolute Gasteiger partial charge is 0.496 e. The maximum Gasteiger partial charge on any atom is 0.124 e. The average molecular weight is 352 g/mol. The second-order valence-corrected chi connectivity index (χ2v) is 6.35. The van der Waals surface area contributed by atoms with E-state index in [4.69, 9.17) is 4.74 Å². The summed E-state index contributed by atoms with van der Waals surface area (Å²) < 4.78 is 6.62. The van der Waals surface area contributed by atoms with Crippen molar-refractivity contribution in [3.8, 4) is 5.75 Å². The lowest BCUT2D eigenvalue weighted by Crippen LogP contribution is -2.14. The quantitative estimate of drug-likeness (QED) is 0.828. The lowest BCUT2D eigenvalue weighted by atomic mass is 10.1. The van der Waals surface area contributed by atoms with Crippen LogP contribution in [-0.2, 0) is 0 Å². The van der Waals surface area contributed by atoms with Crippen molar-refractivity contribution < 1.29 is 4.74 Å². The van der Waals surface area contributed by atoms with Crippen molar-refractivity contribution in [2.75, 3.05) is 14.2 Å². The summed E-state index contributed by atoms with van der Waals surface area (Å²) in [5.41, 5.74) is 1.19. The Morgan fingerprint density at radius 2 is 1.80 bits per heavy atom. The van der Waals surface area contributed by atoms with Crippen molar-refractivity contribution in [2.24, 2.45) is 0 Å². The van der Waals surface area contributed by atoms with Crippen molar-refractivity contribution in [3.05, 3.63) is 52.5 Å². The van der Waals surface area contributed by atoms with Gasteiger partial charge in [0.05, 0.1) is 7.11 Å². The maximum absolute atomic E-state index is 5.51. The van der Waals surface area contributed by atoms with Crippen molar-refractivity contribution >= 4 is 27.7 Å². The lowest BCUT2D eigenvalue weighted by molar-refractivity contribution is 0.401. The minimum Gasteiger partial charge on any atom is -0.496 e. The zero-order chi connectivity index (χ0) is 14.5. The zero-order valence-electron chi connectivity index (χ0n) is 11.8. The molecule has 0 heterocycles. The highest BCUT2D eigenvalue weighted by Gasteiger charge is 2.16. The second kappa shape index (κ2) is 7.16. The third-order valence-electron chi connectivity index (χ3n) is 3.17. The van der Waals surface area contributed by atoms with Crippen LogP contribution in [0.15, 0.2) is 56.7 Å². The normalized spacial score (nSPS) is 12.2. The molecule has 0 aliphatic rings. The summed E-state index contributed by atoms with van der Waals surface area (Å²) in [5.74, 6) is 0.920. The summed E-state index contributed by atoms with van der Waals surface area (Å²) >= 11 is 5.35. The molecule has 0 spiro atoms. The Kier molecular flexibility index (Phi) is 5.52. The Morgan fingerprint density at radius 1 is 1.10 bits per heavy atom. The summed E-state index contributed by atoms with van der Waals surface area (Å²) in [4.78, 5) is 2.41. The Bertz CT molecular complexity index is 588. The van der Waals surface area contributed by atoms with Crippen LogP contribution in [0, 0.1) is 0 Å². The van der Waals surface area contributed by atoms with E-state index in [0.29, 0.717) is 0 Å². The molecular formula is C16H18BrNOS. The number of halogens is 1. The Morgan fingerprint density at radius 3 is 2.45 bits per heavy atom. The van der Waals surface area contributed by atoms with Gasteiger partial charge in [-0.3, -0.25) is 0 Å². The Hall–Kier alpha value is -0.970. The molecule has 20 heavy (non-hydrogen) atoms. The van der Waals surface area contributed by atoms with E-state index in [1.807, 2.05) is 25.2 Å². The maximum atomic E-state index is 5.51. The number of methoxy groups -OCH3 is 1. The van der Waals surface area contributed by atoms with Gasteiger partial charge in [-0.05, 0) is 54.2 Å². The predicted octanol–water partition coefficient (Wildman–Crippen LogP) is 4.89. The zero-order valence-corrected chi connectivity index (χ0v) is 14.2. The standard InChI is InChI=1S/C16H18BrNOS/c1-11(18-2)16-13(19-3)8-6-10-15(16)20-14-9-5-4-7-12(14)17/h4-11,18H,1-3H3. The highest BCUT2D eigenvalue weighted by atomic mass is 79.9. The second-order valence-electron chi connectivity index (χ2n) is 4.41. The molecule has 4 heteroatoms. The van der Waals surface area contributed by atoms with E-state index in [0.717, 1.165) is 10.2 Å². The molecule has 1 unspecified atom stereocenters. The first-order valence-corrected chi connectivity index (χ1v) is 8.05. The number of benzene rings is 2. The third-order valence-corrected chi connectivity index (χ3v) is 5.27. The van der Waals surface area contributed by atoms with E-state index >= 15 is 0 Å². The minimum atomic E-state index is 0.233. The van der Waals surface area contributed by atoms with Crippen LogP contribution in [0.2, 0.25) is 0 Å². The monoisotopic (exact) mass is 351 g/mol. The van der Waals surface area contributed by atoms with Crippen LogP contribution < -0.4 is 10.1 Å². The first-order chi connectivity index (χ1) is 9.67. The van der Waals surface area contributed by atoms with Gasteiger partial charge in [0.15, 0.2) is 0 Å². The summed E-state index contributed by atoms with van der Waals surface area (Å²) in [6.45, 7) is 2.14. The van der Waals surface area contributed by atoms with Gasteiger partial charge in [-0.15, -0.1) is 0 Å². The lowest BCUT2D eigenvalue weighted by Gasteiger charge is -2.19. The van der Waals surface area contributed by atoms with Crippen LogP contribution in [0.1, 0.15) is 18.5 Å². The molecule has 0 amide bonds. The molecule has 0 aliphatic carbocycles. The molecule has 0 saturated heterocycles. The molecule has 0 aliphatic heterocycles. The SMILES string of the molecule is CNC(C)c1c(OC)cccc1Sc1ccccc1Br. The van der Waals surface area contributed by atoms with Gasteiger partial charge < -0.3 is 10.1 Å². The van der Waals surface area contributed by atoms with E-state index in [1.165, 1.54) is 15.4 Å². The topological polar surface area (TPSA) is 21.3 Å². The van der Waals surface area contributed by atoms with Crippen molar-refractivity contribution in [1.82, 2.24) is 5.32 Å². The van der Waals surface area contributed by atoms with Crippen LogP contribution in [0.4, 0.5) is 0 Å². The fourth-order valence-corrected chi connectivity index (χ4v) is 3.62. The molecule has 2 rings (SSSR count). The van der Waals surface area contributed by atoms with E-state index in [1.54, 1.807) is 18.9 Å². The van der Waals surface area contributed by atoms with Crippen molar-refractivity contribution in [1.29, 1.82) is 0 Å². The first-order valence-electron chi connectivity index (χ1n) is 6.44. The predicted molar refractivity (Wildman–Crippen MR) is 88.7 cm³/mol. The van der Waals surface area contributed by atoms with Gasteiger partial charge in [0.1, 0.15) is 5.75 Å². The molecule has 106 valence electrons. The van der Waals surface area contributed by atoms with Crippen LogP contribution >= 0.6 is 27.7 Å². The number of hydrogen-bond donors (Lipinski definition) is 1. The fraction of sp³-hybridized carbons (Fsp3) is 0.250. The molecule has 2 nitrogen and oxygen atoms in total. The van der Waals surface area contributed by atoms with Crippen molar-refractivity contribution in [2.45, 2.75) is 22.8 Å². The summed E-state index contributed by atoms with van der Waals surface area (Å²) in [5, 5.41) is 3.29. The molecule has 0 aromatic heterocycles. The molecular weight excluding hydrogens is 334 g/mol. The molecule has 0 radical (unpaired) electrons. The molecule has 0 bridgehead atoms. The number of ether oxygens (including phenoxy) is 1. The van der Waals surface area contributed by atoms with Gasteiger partial charge in [0, 0.05) is 25.9 Å². The molecule has 2 aromatic carbocycles. The highest BCUT2D eigenvalue weighted by molar-refractivity contribution is 9.10. The van der Waals surface area contributed by atoms with Gasteiger partial charge >= 0.3 is 0 Å². The molecule has 0 saturated carbocycles. The number of rotatable bonds is 5. The average Bonchev–Trinajstić information content (AvgIpc) is 2.48. The fourth-order valence-electron chi connectivity index (χ4n) is 2.01. The number of nitrogens with one attached hydrogen (secondary N) is 1. The summed E-state index contributed by atoms with van der Waals surface area (Å²) in [6.07, 6.45) is 0. The van der Waals surface area contributed by atoms with Gasteiger partial charge in [0.25, 0.3) is 0 Å². The third kappa shape index (κ3) is 3.37. The van der Waals surface area contributed by atoms with Crippen molar-refractivity contribution in [3.63, 3.8) is 0 Å².